The average Bonchev–Trinajstić information content (AvgIpc) is 2.40. The Hall–Kier alpha value is -2.60. The minimum absolute atomic E-state index is 0.0462. The summed E-state index contributed by atoms with van der Waals surface area (Å²) >= 11 is 4.62. The van der Waals surface area contributed by atoms with Crippen molar-refractivity contribution in [2.75, 3.05) is 0 Å². The molecule has 0 aliphatic rings. The molecule has 2 aromatic rings. The molecule has 20 heavy (non-hydrogen) atoms. The molecule has 0 unspecified atom stereocenters. The topological polar surface area (TPSA) is 90.9 Å². The van der Waals surface area contributed by atoms with Gasteiger partial charge in [0, 0.05) is 5.56 Å². The number of hydrogen-bond acceptors (Lipinski definition) is 4. The molecule has 0 atom stereocenters. The first-order valence-electron chi connectivity index (χ1n) is 5.77. The van der Waals surface area contributed by atoms with Gasteiger partial charge in [-0.1, -0.05) is 18.2 Å². The molecule has 0 amide bonds. The Morgan fingerprint density at radius 3 is 2.60 bits per heavy atom. The molecule has 2 rings (SSSR count). The number of rotatable bonds is 3. The van der Waals surface area contributed by atoms with E-state index in [2.05, 4.69) is 22.7 Å². The molecule has 0 heterocycles. The molecule has 2 aromatic carbocycles. The summed E-state index contributed by atoms with van der Waals surface area (Å²) in [6.45, 7) is 0. The number of thiocarbonyl (C=S) groups is 1. The van der Waals surface area contributed by atoms with Crippen LogP contribution in [0, 0.1) is 0 Å². The maximum Gasteiger partial charge on any atom is 0.184 e. The van der Waals surface area contributed by atoms with Gasteiger partial charge in [-0.25, -0.2) is 0 Å². The highest BCUT2D eigenvalue weighted by molar-refractivity contribution is 7.80. The van der Waals surface area contributed by atoms with Crippen molar-refractivity contribution in [3.8, 4) is 22.6 Å². The third-order valence-corrected chi connectivity index (χ3v) is 2.68. The molecular formula is C14H13N3O2S. The van der Waals surface area contributed by atoms with Crippen LogP contribution in [0.25, 0.3) is 11.1 Å². The van der Waals surface area contributed by atoms with E-state index in [0.29, 0.717) is 5.56 Å². The Balaban J connectivity index is 2.33. The van der Waals surface area contributed by atoms with Gasteiger partial charge in [0.15, 0.2) is 5.11 Å². The maximum atomic E-state index is 9.77. The Morgan fingerprint density at radius 2 is 1.90 bits per heavy atom. The normalized spacial score (nSPS) is 10.6. The van der Waals surface area contributed by atoms with Gasteiger partial charge in [-0.2, -0.15) is 5.10 Å². The van der Waals surface area contributed by atoms with E-state index < -0.39 is 0 Å². The summed E-state index contributed by atoms with van der Waals surface area (Å²) in [5, 5.41) is 23.1. The summed E-state index contributed by atoms with van der Waals surface area (Å²) < 4.78 is 0. The Morgan fingerprint density at radius 1 is 1.15 bits per heavy atom. The van der Waals surface area contributed by atoms with Crippen molar-refractivity contribution in [1.82, 2.24) is 5.43 Å². The van der Waals surface area contributed by atoms with Gasteiger partial charge in [0.05, 0.1) is 6.21 Å². The van der Waals surface area contributed by atoms with Crippen molar-refractivity contribution in [3.63, 3.8) is 0 Å². The molecule has 0 saturated heterocycles. The third kappa shape index (κ3) is 3.46. The summed E-state index contributed by atoms with van der Waals surface area (Å²) in [4.78, 5) is 0. The van der Waals surface area contributed by atoms with E-state index in [1.807, 2.05) is 6.07 Å². The summed E-state index contributed by atoms with van der Waals surface area (Å²) in [5.41, 5.74) is 9.85. The molecular weight excluding hydrogens is 274 g/mol. The highest BCUT2D eigenvalue weighted by Crippen LogP contribution is 2.27. The van der Waals surface area contributed by atoms with Gasteiger partial charge >= 0.3 is 0 Å². The minimum atomic E-state index is 0.0462. The Bertz CT molecular complexity index is 671. The van der Waals surface area contributed by atoms with Crippen molar-refractivity contribution in [3.05, 3.63) is 48.0 Å². The van der Waals surface area contributed by atoms with E-state index >= 15 is 0 Å². The number of nitrogens with two attached hydrogens (primary N) is 1. The molecule has 5 N–H and O–H groups in total. The number of hydrazone groups is 1. The molecule has 0 spiro atoms. The lowest BCUT2D eigenvalue weighted by Gasteiger charge is -2.05. The number of phenols is 2. The standard InChI is InChI=1S/C14H13N3O2S/c15-14(20)17-16-8-11-6-10(4-5-13(11)19)9-2-1-3-12(18)7-9/h1-8,18-19H,(H3,15,17,20). The van der Waals surface area contributed by atoms with Crippen LogP contribution in [0.2, 0.25) is 0 Å². The molecule has 0 saturated carbocycles. The molecule has 5 nitrogen and oxygen atoms in total. The largest absolute Gasteiger partial charge is 0.508 e. The zero-order chi connectivity index (χ0) is 14.5. The zero-order valence-corrected chi connectivity index (χ0v) is 11.3. The second-order valence-corrected chi connectivity index (χ2v) is 4.50. The SMILES string of the molecule is NC(=S)NN=Cc1cc(-c2cccc(O)c2)ccc1O. The number of aromatic hydroxyl groups is 2. The monoisotopic (exact) mass is 287 g/mol. The van der Waals surface area contributed by atoms with Gasteiger partial charge in [-0.3, -0.25) is 5.43 Å². The molecule has 0 aliphatic carbocycles. The van der Waals surface area contributed by atoms with Crippen LogP contribution >= 0.6 is 12.2 Å². The van der Waals surface area contributed by atoms with Crippen molar-refractivity contribution in [1.29, 1.82) is 0 Å². The van der Waals surface area contributed by atoms with Crippen LogP contribution in [0.1, 0.15) is 5.56 Å². The fourth-order valence-corrected chi connectivity index (χ4v) is 1.74. The van der Waals surface area contributed by atoms with E-state index in [1.54, 1.807) is 36.4 Å². The first-order valence-corrected chi connectivity index (χ1v) is 6.18. The first-order chi connectivity index (χ1) is 9.56. The van der Waals surface area contributed by atoms with E-state index in [-0.39, 0.29) is 16.6 Å². The highest BCUT2D eigenvalue weighted by Gasteiger charge is 2.03. The quantitative estimate of drug-likeness (QED) is 0.393. The van der Waals surface area contributed by atoms with Gasteiger partial charge in [-0.05, 0) is 47.6 Å². The maximum absolute atomic E-state index is 9.77. The summed E-state index contributed by atoms with van der Waals surface area (Å²) in [6.07, 6.45) is 1.42. The van der Waals surface area contributed by atoms with Gasteiger partial charge in [0.1, 0.15) is 11.5 Å². The molecule has 0 aromatic heterocycles. The molecule has 0 fully saturated rings. The number of phenolic OH excluding ortho intramolecular Hbond substituents is 2. The summed E-state index contributed by atoms with van der Waals surface area (Å²) in [5.74, 6) is 0.267. The van der Waals surface area contributed by atoms with E-state index in [9.17, 15) is 10.2 Å². The van der Waals surface area contributed by atoms with Crippen LogP contribution in [0.4, 0.5) is 0 Å². The molecule has 6 heteroatoms. The number of hydrogen-bond donors (Lipinski definition) is 4. The van der Waals surface area contributed by atoms with Crippen LogP contribution in [0.5, 0.6) is 11.5 Å². The van der Waals surface area contributed by atoms with E-state index in [4.69, 9.17) is 5.73 Å². The van der Waals surface area contributed by atoms with Crippen molar-refractivity contribution < 1.29 is 10.2 Å². The predicted molar refractivity (Wildman–Crippen MR) is 82.7 cm³/mol. The average molecular weight is 287 g/mol. The molecule has 0 aliphatic heterocycles. The number of benzene rings is 2. The lowest BCUT2D eigenvalue weighted by Crippen LogP contribution is -2.23. The number of nitrogens with zero attached hydrogens (tertiary/aromatic N) is 1. The van der Waals surface area contributed by atoms with Crippen LogP contribution in [0.3, 0.4) is 0 Å². The molecule has 0 bridgehead atoms. The summed E-state index contributed by atoms with van der Waals surface area (Å²) in [6, 6.07) is 11.9. The smallest absolute Gasteiger partial charge is 0.184 e. The van der Waals surface area contributed by atoms with Gasteiger partial charge in [-0.15, -0.1) is 0 Å². The minimum Gasteiger partial charge on any atom is -0.508 e. The zero-order valence-electron chi connectivity index (χ0n) is 10.4. The van der Waals surface area contributed by atoms with Crippen LogP contribution in [0.15, 0.2) is 47.6 Å². The van der Waals surface area contributed by atoms with Gasteiger partial charge < -0.3 is 15.9 Å². The number of nitrogens with one attached hydrogen (secondary N) is 1. The van der Waals surface area contributed by atoms with Crippen LogP contribution in [-0.4, -0.2) is 21.5 Å². The molecule has 0 radical (unpaired) electrons. The fraction of sp³-hybridized carbons (Fsp3) is 0. The van der Waals surface area contributed by atoms with Crippen LogP contribution in [-0.2, 0) is 0 Å². The van der Waals surface area contributed by atoms with Crippen molar-refractivity contribution in [2.45, 2.75) is 0 Å². The second kappa shape index (κ2) is 6.03. The van der Waals surface area contributed by atoms with Crippen molar-refractivity contribution >= 4 is 23.5 Å². The fourth-order valence-electron chi connectivity index (χ4n) is 1.69. The Kier molecular flexibility index (Phi) is 4.17. The molecule has 102 valence electrons. The van der Waals surface area contributed by atoms with E-state index in [0.717, 1.165) is 11.1 Å². The first kappa shape index (κ1) is 13.8. The second-order valence-electron chi connectivity index (χ2n) is 4.06. The van der Waals surface area contributed by atoms with Crippen molar-refractivity contribution in [2.24, 2.45) is 10.8 Å². The van der Waals surface area contributed by atoms with E-state index in [1.165, 1.54) is 6.21 Å². The lowest BCUT2D eigenvalue weighted by molar-refractivity contribution is 0.474. The Labute approximate surface area is 121 Å². The van der Waals surface area contributed by atoms with Gasteiger partial charge in [0.25, 0.3) is 0 Å². The summed E-state index contributed by atoms with van der Waals surface area (Å²) in [7, 11) is 0. The van der Waals surface area contributed by atoms with Crippen LogP contribution < -0.4 is 11.2 Å². The predicted octanol–water partition coefficient (Wildman–Crippen LogP) is 1.93. The third-order valence-electron chi connectivity index (χ3n) is 2.59. The lowest BCUT2D eigenvalue weighted by atomic mass is 10.0. The van der Waals surface area contributed by atoms with Gasteiger partial charge in [0.2, 0.25) is 0 Å². The highest BCUT2D eigenvalue weighted by atomic mass is 32.1.